The number of carbonyl (C=O) groups is 2. The SMILES string of the molecule is COc1ccccc1OCCC(=O)N1CCCC(C(=O)NCCN)C1. The van der Waals surface area contributed by atoms with E-state index in [4.69, 9.17) is 15.2 Å². The van der Waals surface area contributed by atoms with Crippen molar-refractivity contribution in [3.05, 3.63) is 24.3 Å². The Morgan fingerprint density at radius 1 is 1.32 bits per heavy atom. The Hall–Kier alpha value is -2.28. The molecule has 0 radical (unpaired) electrons. The zero-order chi connectivity index (χ0) is 18.1. The predicted octanol–water partition coefficient (Wildman–Crippen LogP) is 0.778. The number of ether oxygens (including phenoxy) is 2. The van der Waals surface area contributed by atoms with Crippen LogP contribution in [0.5, 0.6) is 11.5 Å². The van der Waals surface area contributed by atoms with Gasteiger partial charge in [-0.25, -0.2) is 0 Å². The van der Waals surface area contributed by atoms with Gasteiger partial charge < -0.3 is 25.4 Å². The van der Waals surface area contributed by atoms with Gasteiger partial charge in [-0.3, -0.25) is 9.59 Å². The van der Waals surface area contributed by atoms with Gasteiger partial charge in [0.1, 0.15) is 0 Å². The third kappa shape index (κ3) is 5.63. The number of methoxy groups -OCH3 is 1. The van der Waals surface area contributed by atoms with Gasteiger partial charge in [-0.1, -0.05) is 12.1 Å². The molecule has 2 amide bonds. The maximum atomic E-state index is 12.4. The number of rotatable bonds is 8. The van der Waals surface area contributed by atoms with E-state index < -0.39 is 0 Å². The molecule has 7 nitrogen and oxygen atoms in total. The van der Waals surface area contributed by atoms with Crippen LogP contribution in [0.1, 0.15) is 19.3 Å². The van der Waals surface area contributed by atoms with Crippen LogP contribution in [0.25, 0.3) is 0 Å². The molecule has 1 saturated heterocycles. The minimum atomic E-state index is -0.153. The summed E-state index contributed by atoms with van der Waals surface area (Å²) in [6.45, 7) is 2.31. The summed E-state index contributed by atoms with van der Waals surface area (Å²) in [5, 5.41) is 2.80. The summed E-state index contributed by atoms with van der Waals surface area (Å²) >= 11 is 0. The summed E-state index contributed by atoms with van der Waals surface area (Å²) in [7, 11) is 1.58. The highest BCUT2D eigenvalue weighted by Gasteiger charge is 2.28. The van der Waals surface area contributed by atoms with Crippen molar-refractivity contribution in [3.63, 3.8) is 0 Å². The number of nitrogens with two attached hydrogens (primary N) is 1. The molecular weight excluding hydrogens is 322 g/mol. The molecule has 138 valence electrons. The molecule has 0 aliphatic carbocycles. The zero-order valence-electron chi connectivity index (χ0n) is 14.7. The van der Waals surface area contributed by atoms with Gasteiger partial charge in [0.2, 0.25) is 11.8 Å². The monoisotopic (exact) mass is 349 g/mol. The van der Waals surface area contributed by atoms with E-state index in [1.807, 2.05) is 24.3 Å². The van der Waals surface area contributed by atoms with Crippen molar-refractivity contribution in [1.82, 2.24) is 10.2 Å². The summed E-state index contributed by atoms with van der Waals surface area (Å²) in [5.41, 5.74) is 5.40. The Morgan fingerprint density at radius 2 is 2.08 bits per heavy atom. The van der Waals surface area contributed by atoms with Crippen LogP contribution in [0.4, 0.5) is 0 Å². The molecule has 1 heterocycles. The van der Waals surface area contributed by atoms with Gasteiger partial charge >= 0.3 is 0 Å². The number of amides is 2. The molecule has 2 rings (SSSR count). The standard InChI is InChI=1S/C18H27N3O4/c1-24-15-6-2-3-7-16(15)25-12-8-17(22)21-11-4-5-14(13-21)18(23)20-10-9-19/h2-3,6-7,14H,4-5,8-13,19H2,1H3,(H,20,23). The minimum Gasteiger partial charge on any atom is -0.493 e. The number of para-hydroxylation sites is 2. The molecule has 25 heavy (non-hydrogen) atoms. The maximum Gasteiger partial charge on any atom is 0.226 e. The molecule has 0 saturated carbocycles. The average Bonchev–Trinajstić information content (AvgIpc) is 2.66. The highest BCUT2D eigenvalue weighted by molar-refractivity contribution is 5.81. The molecule has 1 aliphatic heterocycles. The lowest BCUT2D eigenvalue weighted by atomic mass is 9.97. The summed E-state index contributed by atoms with van der Waals surface area (Å²) in [4.78, 5) is 26.2. The first-order valence-corrected chi connectivity index (χ1v) is 8.67. The first-order chi connectivity index (χ1) is 12.2. The lowest BCUT2D eigenvalue weighted by Gasteiger charge is -2.32. The van der Waals surface area contributed by atoms with E-state index in [9.17, 15) is 9.59 Å². The maximum absolute atomic E-state index is 12.4. The largest absolute Gasteiger partial charge is 0.493 e. The Bertz CT molecular complexity index is 579. The van der Waals surface area contributed by atoms with E-state index in [0.717, 1.165) is 12.8 Å². The number of nitrogens with zero attached hydrogens (tertiary/aromatic N) is 1. The quantitative estimate of drug-likeness (QED) is 0.723. The number of piperidine rings is 1. The summed E-state index contributed by atoms with van der Waals surface area (Å²) in [5.74, 6) is 1.10. The van der Waals surface area contributed by atoms with Crippen LogP contribution in [-0.2, 0) is 9.59 Å². The van der Waals surface area contributed by atoms with Crippen LogP contribution < -0.4 is 20.5 Å². The van der Waals surface area contributed by atoms with E-state index >= 15 is 0 Å². The van der Waals surface area contributed by atoms with Crippen LogP contribution in [0.3, 0.4) is 0 Å². The molecule has 1 aromatic carbocycles. The fraction of sp³-hybridized carbons (Fsp3) is 0.556. The number of benzene rings is 1. The molecule has 0 aromatic heterocycles. The lowest BCUT2D eigenvalue weighted by Crippen LogP contribution is -2.46. The van der Waals surface area contributed by atoms with E-state index in [-0.39, 0.29) is 30.8 Å². The third-order valence-electron chi connectivity index (χ3n) is 4.23. The molecule has 0 bridgehead atoms. The molecule has 7 heteroatoms. The molecule has 1 fully saturated rings. The second kappa shape index (κ2) is 9.88. The highest BCUT2D eigenvalue weighted by atomic mass is 16.5. The van der Waals surface area contributed by atoms with Gasteiger partial charge in [0.15, 0.2) is 11.5 Å². The normalized spacial score (nSPS) is 17.0. The highest BCUT2D eigenvalue weighted by Crippen LogP contribution is 2.26. The lowest BCUT2D eigenvalue weighted by molar-refractivity contribution is -0.136. The fourth-order valence-corrected chi connectivity index (χ4v) is 2.90. The van der Waals surface area contributed by atoms with Crippen molar-refractivity contribution in [3.8, 4) is 11.5 Å². The van der Waals surface area contributed by atoms with Gasteiger partial charge in [0.05, 0.1) is 26.1 Å². The summed E-state index contributed by atoms with van der Waals surface area (Å²) in [6, 6.07) is 7.34. The zero-order valence-corrected chi connectivity index (χ0v) is 14.7. The Kier molecular flexibility index (Phi) is 7.53. The average molecular weight is 349 g/mol. The van der Waals surface area contributed by atoms with Gasteiger partial charge in [-0.2, -0.15) is 0 Å². The Morgan fingerprint density at radius 3 is 2.80 bits per heavy atom. The number of hydrogen-bond acceptors (Lipinski definition) is 5. The number of carbonyl (C=O) groups excluding carboxylic acids is 2. The molecular formula is C18H27N3O4. The van der Waals surface area contributed by atoms with Crippen LogP contribution in [0.2, 0.25) is 0 Å². The minimum absolute atomic E-state index is 0.00576. The van der Waals surface area contributed by atoms with Gasteiger partial charge in [-0.05, 0) is 25.0 Å². The number of nitrogens with one attached hydrogen (secondary N) is 1. The first kappa shape index (κ1) is 19.1. The second-order valence-corrected chi connectivity index (χ2v) is 6.01. The molecule has 1 aliphatic rings. The number of likely N-dealkylation sites (tertiary alicyclic amines) is 1. The van der Waals surface area contributed by atoms with E-state index in [1.54, 1.807) is 12.0 Å². The van der Waals surface area contributed by atoms with Crippen molar-refractivity contribution >= 4 is 11.8 Å². The van der Waals surface area contributed by atoms with Gasteiger partial charge in [0.25, 0.3) is 0 Å². The molecule has 3 N–H and O–H groups in total. The Balaban J connectivity index is 1.79. The fourth-order valence-electron chi connectivity index (χ4n) is 2.90. The van der Waals surface area contributed by atoms with Crippen LogP contribution in [-0.4, -0.2) is 56.6 Å². The summed E-state index contributed by atoms with van der Waals surface area (Å²) < 4.78 is 10.9. The van der Waals surface area contributed by atoms with Crippen molar-refractivity contribution in [1.29, 1.82) is 0 Å². The van der Waals surface area contributed by atoms with Crippen LogP contribution >= 0.6 is 0 Å². The predicted molar refractivity (Wildman–Crippen MR) is 94.5 cm³/mol. The second-order valence-electron chi connectivity index (χ2n) is 6.01. The Labute approximate surface area is 148 Å². The van der Waals surface area contributed by atoms with Crippen molar-refractivity contribution in [2.24, 2.45) is 11.7 Å². The van der Waals surface area contributed by atoms with Gasteiger partial charge in [0, 0.05) is 26.2 Å². The van der Waals surface area contributed by atoms with Crippen molar-refractivity contribution in [2.45, 2.75) is 19.3 Å². The molecule has 1 unspecified atom stereocenters. The topological polar surface area (TPSA) is 93.9 Å². The van der Waals surface area contributed by atoms with Gasteiger partial charge in [-0.15, -0.1) is 0 Å². The van der Waals surface area contributed by atoms with E-state index in [2.05, 4.69) is 5.32 Å². The molecule has 1 aromatic rings. The summed E-state index contributed by atoms with van der Waals surface area (Å²) in [6.07, 6.45) is 1.91. The van der Waals surface area contributed by atoms with E-state index in [0.29, 0.717) is 37.7 Å². The van der Waals surface area contributed by atoms with Crippen molar-refractivity contribution < 1.29 is 19.1 Å². The van der Waals surface area contributed by atoms with Crippen LogP contribution in [0.15, 0.2) is 24.3 Å². The number of hydrogen-bond donors (Lipinski definition) is 2. The first-order valence-electron chi connectivity index (χ1n) is 8.67. The molecule has 1 atom stereocenters. The van der Waals surface area contributed by atoms with Crippen molar-refractivity contribution in [2.75, 3.05) is 39.9 Å². The molecule has 0 spiro atoms. The van der Waals surface area contributed by atoms with E-state index in [1.165, 1.54) is 0 Å². The third-order valence-corrected chi connectivity index (χ3v) is 4.23. The smallest absolute Gasteiger partial charge is 0.226 e. The van der Waals surface area contributed by atoms with Crippen LogP contribution in [0, 0.1) is 5.92 Å².